The molecule has 164 valence electrons. The molecule has 1 amide bonds. The van der Waals surface area contributed by atoms with Crippen LogP contribution in [0.15, 0.2) is 77.9 Å². The molecule has 0 unspecified atom stereocenters. The Morgan fingerprint density at radius 1 is 1.19 bits per heavy atom. The van der Waals surface area contributed by atoms with Gasteiger partial charge in [0.1, 0.15) is 23.2 Å². The molecule has 0 aliphatic carbocycles. The van der Waals surface area contributed by atoms with E-state index < -0.39 is 0 Å². The van der Waals surface area contributed by atoms with E-state index in [2.05, 4.69) is 20.6 Å². The Labute approximate surface area is 193 Å². The van der Waals surface area contributed by atoms with Gasteiger partial charge in [-0.3, -0.25) is 9.79 Å². The van der Waals surface area contributed by atoms with Crippen LogP contribution in [0.4, 0.5) is 5.82 Å². The van der Waals surface area contributed by atoms with Crippen molar-refractivity contribution in [1.29, 1.82) is 0 Å². The summed E-state index contributed by atoms with van der Waals surface area (Å²) < 4.78 is 6.06. The molecule has 0 saturated carbocycles. The molecule has 7 heteroatoms. The van der Waals surface area contributed by atoms with Crippen LogP contribution >= 0.6 is 11.6 Å². The fraction of sp³-hybridized carbons (Fsp3) is 0.160. The highest BCUT2D eigenvalue weighted by Crippen LogP contribution is 2.28. The van der Waals surface area contributed by atoms with Gasteiger partial charge in [-0.05, 0) is 55.8 Å². The summed E-state index contributed by atoms with van der Waals surface area (Å²) in [5.74, 6) is 2.30. The van der Waals surface area contributed by atoms with E-state index in [1.54, 1.807) is 43.6 Å². The number of amidine groups is 1. The van der Waals surface area contributed by atoms with Crippen molar-refractivity contribution in [2.75, 3.05) is 12.4 Å². The first-order valence-electron chi connectivity index (χ1n) is 10.1. The highest BCUT2D eigenvalue weighted by atomic mass is 35.5. The van der Waals surface area contributed by atoms with Crippen LogP contribution in [0.1, 0.15) is 28.4 Å². The van der Waals surface area contributed by atoms with Gasteiger partial charge in [-0.15, -0.1) is 0 Å². The largest absolute Gasteiger partial charge is 0.457 e. The standard InChI is InChI=1S/C25H25ClN4O2/c1-4-7-23(27-3)30-24-15-20(12-13-28-24)32-22-11-6-10-21(17(22)2)25(31)29-16-18-8-5-9-19(26)14-18/h4-15H,16H2,1-3H3,(H,29,31)(H,27,28,30)/b7-4-. The highest BCUT2D eigenvalue weighted by molar-refractivity contribution is 6.30. The van der Waals surface area contributed by atoms with Crippen LogP contribution in [0.25, 0.3) is 0 Å². The molecule has 0 fully saturated rings. The highest BCUT2D eigenvalue weighted by Gasteiger charge is 2.13. The SMILES string of the molecule is C/C=C\C(=NC)Nc1cc(Oc2cccc(C(=O)NCc3cccc(Cl)c3)c2C)ccn1. The lowest BCUT2D eigenvalue weighted by atomic mass is 10.1. The van der Waals surface area contributed by atoms with Crippen molar-refractivity contribution in [1.82, 2.24) is 10.3 Å². The zero-order chi connectivity index (χ0) is 22.9. The van der Waals surface area contributed by atoms with Crippen molar-refractivity contribution < 1.29 is 9.53 Å². The van der Waals surface area contributed by atoms with Gasteiger partial charge >= 0.3 is 0 Å². The topological polar surface area (TPSA) is 75.6 Å². The number of amides is 1. The quantitative estimate of drug-likeness (QED) is 0.354. The number of benzene rings is 2. The molecule has 2 aromatic carbocycles. The first-order valence-corrected chi connectivity index (χ1v) is 10.5. The number of nitrogens with zero attached hydrogens (tertiary/aromatic N) is 2. The number of allylic oxidation sites excluding steroid dienone is 1. The summed E-state index contributed by atoms with van der Waals surface area (Å²) in [6.45, 7) is 4.16. The predicted octanol–water partition coefficient (Wildman–Crippen LogP) is 5.78. The molecule has 0 radical (unpaired) electrons. The Hall–Kier alpha value is -3.64. The molecule has 32 heavy (non-hydrogen) atoms. The molecule has 3 aromatic rings. The van der Waals surface area contributed by atoms with Crippen LogP contribution in [0.3, 0.4) is 0 Å². The van der Waals surface area contributed by atoms with Crippen molar-refractivity contribution in [2.45, 2.75) is 20.4 Å². The molecule has 0 bridgehead atoms. The number of carbonyl (C=O) groups excluding carboxylic acids is 1. The third-order valence-electron chi connectivity index (χ3n) is 4.65. The number of aliphatic imine (C=N–C) groups is 1. The minimum Gasteiger partial charge on any atom is -0.457 e. The molecular weight excluding hydrogens is 424 g/mol. The second-order valence-corrected chi connectivity index (χ2v) is 7.39. The van der Waals surface area contributed by atoms with E-state index in [9.17, 15) is 4.79 Å². The lowest BCUT2D eigenvalue weighted by molar-refractivity contribution is 0.0950. The number of carbonyl (C=O) groups is 1. The first-order chi connectivity index (χ1) is 15.5. The average molecular weight is 449 g/mol. The van der Waals surface area contributed by atoms with E-state index in [1.165, 1.54) is 0 Å². The average Bonchev–Trinajstić information content (AvgIpc) is 2.79. The molecular formula is C25H25ClN4O2. The number of hydrogen-bond donors (Lipinski definition) is 2. The summed E-state index contributed by atoms with van der Waals surface area (Å²) in [5, 5.41) is 6.70. The number of nitrogens with one attached hydrogen (secondary N) is 2. The van der Waals surface area contributed by atoms with Crippen molar-refractivity contribution in [2.24, 2.45) is 4.99 Å². The van der Waals surface area contributed by atoms with Crippen molar-refractivity contribution in [3.63, 3.8) is 0 Å². The van der Waals surface area contributed by atoms with Crippen LogP contribution in [-0.2, 0) is 6.54 Å². The smallest absolute Gasteiger partial charge is 0.251 e. The number of ether oxygens (including phenoxy) is 1. The van der Waals surface area contributed by atoms with Crippen LogP contribution in [0.2, 0.25) is 5.02 Å². The number of hydrogen-bond acceptors (Lipinski definition) is 4. The van der Waals surface area contributed by atoms with Gasteiger partial charge in [0.05, 0.1) is 0 Å². The molecule has 1 aromatic heterocycles. The second-order valence-electron chi connectivity index (χ2n) is 6.95. The monoisotopic (exact) mass is 448 g/mol. The predicted molar refractivity (Wildman–Crippen MR) is 130 cm³/mol. The fourth-order valence-electron chi connectivity index (χ4n) is 3.03. The zero-order valence-electron chi connectivity index (χ0n) is 18.2. The lowest BCUT2D eigenvalue weighted by Gasteiger charge is -2.13. The van der Waals surface area contributed by atoms with Crippen molar-refractivity contribution >= 4 is 29.2 Å². The summed E-state index contributed by atoms with van der Waals surface area (Å²) in [6.07, 6.45) is 5.39. The van der Waals surface area contributed by atoms with Gasteiger partial charge in [0.2, 0.25) is 0 Å². The van der Waals surface area contributed by atoms with Gasteiger partial charge in [-0.25, -0.2) is 4.98 Å². The number of aromatic nitrogens is 1. The summed E-state index contributed by atoms with van der Waals surface area (Å²) >= 11 is 6.01. The first kappa shape index (κ1) is 23.0. The van der Waals surface area contributed by atoms with Gasteiger partial charge < -0.3 is 15.4 Å². The van der Waals surface area contributed by atoms with Gasteiger partial charge in [-0.2, -0.15) is 0 Å². The maximum atomic E-state index is 12.8. The minimum absolute atomic E-state index is 0.180. The Morgan fingerprint density at radius 3 is 2.75 bits per heavy atom. The maximum absolute atomic E-state index is 12.8. The van der Waals surface area contributed by atoms with E-state index >= 15 is 0 Å². The number of anilines is 1. The third-order valence-corrected chi connectivity index (χ3v) is 4.89. The molecule has 0 aliphatic rings. The number of halogens is 1. The molecule has 3 rings (SSSR count). The fourth-order valence-corrected chi connectivity index (χ4v) is 3.24. The molecule has 0 atom stereocenters. The van der Waals surface area contributed by atoms with E-state index in [-0.39, 0.29) is 5.91 Å². The molecule has 1 heterocycles. The molecule has 6 nitrogen and oxygen atoms in total. The van der Waals surface area contributed by atoms with E-state index in [0.717, 1.165) is 11.1 Å². The minimum atomic E-state index is -0.180. The van der Waals surface area contributed by atoms with E-state index in [1.807, 2.05) is 50.3 Å². The number of rotatable bonds is 7. The Kier molecular flexibility index (Phi) is 8.00. The van der Waals surface area contributed by atoms with Gasteiger partial charge in [-0.1, -0.05) is 35.9 Å². The Morgan fingerprint density at radius 2 is 2.00 bits per heavy atom. The lowest BCUT2D eigenvalue weighted by Crippen LogP contribution is -2.23. The van der Waals surface area contributed by atoms with Crippen LogP contribution in [0.5, 0.6) is 11.5 Å². The van der Waals surface area contributed by atoms with Crippen LogP contribution in [0, 0.1) is 6.92 Å². The van der Waals surface area contributed by atoms with Crippen LogP contribution in [-0.4, -0.2) is 23.8 Å². The van der Waals surface area contributed by atoms with Gasteiger partial charge in [0, 0.05) is 42.0 Å². The maximum Gasteiger partial charge on any atom is 0.251 e. The Bertz CT molecular complexity index is 1160. The summed E-state index contributed by atoms with van der Waals surface area (Å²) in [4.78, 5) is 21.2. The second kappa shape index (κ2) is 11.1. The molecule has 0 spiro atoms. The normalized spacial score (nSPS) is 11.4. The summed E-state index contributed by atoms with van der Waals surface area (Å²) in [7, 11) is 1.70. The van der Waals surface area contributed by atoms with Crippen molar-refractivity contribution in [3.05, 3.63) is 94.7 Å². The zero-order valence-corrected chi connectivity index (χ0v) is 19.0. The summed E-state index contributed by atoms with van der Waals surface area (Å²) in [5.41, 5.74) is 2.22. The number of pyridine rings is 1. The van der Waals surface area contributed by atoms with Gasteiger partial charge in [0.25, 0.3) is 5.91 Å². The van der Waals surface area contributed by atoms with Gasteiger partial charge in [0.15, 0.2) is 0 Å². The van der Waals surface area contributed by atoms with Crippen molar-refractivity contribution in [3.8, 4) is 11.5 Å². The molecule has 0 aliphatic heterocycles. The summed E-state index contributed by atoms with van der Waals surface area (Å²) in [6, 6.07) is 16.3. The third kappa shape index (κ3) is 6.18. The van der Waals surface area contributed by atoms with E-state index in [0.29, 0.717) is 40.3 Å². The Balaban J connectivity index is 1.73. The molecule has 2 N–H and O–H groups in total. The molecule has 0 saturated heterocycles. The van der Waals surface area contributed by atoms with Crippen LogP contribution < -0.4 is 15.4 Å². The van der Waals surface area contributed by atoms with E-state index in [4.69, 9.17) is 16.3 Å².